The number of para-hydroxylation sites is 2. The van der Waals surface area contributed by atoms with Crippen molar-refractivity contribution in [1.82, 2.24) is 0 Å². The Kier molecular flexibility index (Phi) is 7.00. The molecule has 31 heavy (non-hydrogen) atoms. The van der Waals surface area contributed by atoms with E-state index in [4.69, 9.17) is 4.74 Å². The molecule has 1 N–H and O–H groups in total. The van der Waals surface area contributed by atoms with Crippen molar-refractivity contribution >= 4 is 33.0 Å². The lowest BCUT2D eigenvalue weighted by Gasteiger charge is -2.22. The van der Waals surface area contributed by atoms with Crippen molar-refractivity contribution < 1.29 is 22.7 Å². The molecule has 1 aliphatic heterocycles. The number of benzene rings is 2. The summed E-state index contributed by atoms with van der Waals surface area (Å²) >= 11 is 0. The number of rotatable bonds is 8. The molecular formula is C23H28N2O5S. The molecule has 3 rings (SSSR count). The second-order valence-corrected chi connectivity index (χ2v) is 9.62. The van der Waals surface area contributed by atoms with Gasteiger partial charge in [-0.1, -0.05) is 19.1 Å². The van der Waals surface area contributed by atoms with Crippen LogP contribution in [0.3, 0.4) is 0 Å². The molecule has 0 aromatic heterocycles. The van der Waals surface area contributed by atoms with Gasteiger partial charge in [0.05, 0.1) is 22.9 Å². The van der Waals surface area contributed by atoms with Gasteiger partial charge in [-0.2, -0.15) is 0 Å². The van der Waals surface area contributed by atoms with Crippen molar-refractivity contribution in [2.45, 2.75) is 51.0 Å². The highest BCUT2D eigenvalue weighted by atomic mass is 32.2. The van der Waals surface area contributed by atoms with Crippen molar-refractivity contribution in [2.24, 2.45) is 0 Å². The highest BCUT2D eigenvalue weighted by molar-refractivity contribution is 7.91. The van der Waals surface area contributed by atoms with Crippen LogP contribution >= 0.6 is 0 Å². The van der Waals surface area contributed by atoms with Crippen LogP contribution in [0.4, 0.5) is 11.4 Å². The molecule has 7 nitrogen and oxygen atoms in total. The van der Waals surface area contributed by atoms with E-state index in [-0.39, 0.29) is 29.0 Å². The fourth-order valence-corrected chi connectivity index (χ4v) is 5.05. The van der Waals surface area contributed by atoms with Crippen molar-refractivity contribution in [3.05, 3.63) is 48.0 Å². The van der Waals surface area contributed by atoms with Gasteiger partial charge >= 0.3 is 0 Å². The summed E-state index contributed by atoms with van der Waals surface area (Å²) in [6, 6.07) is 11.9. The molecule has 0 fully saturated rings. The van der Waals surface area contributed by atoms with Crippen molar-refractivity contribution in [3.8, 4) is 5.75 Å². The second-order valence-electron chi connectivity index (χ2n) is 7.51. The first-order chi connectivity index (χ1) is 14.8. The number of fused-ring (bicyclic) bond motifs is 1. The van der Waals surface area contributed by atoms with Crippen LogP contribution in [0.5, 0.6) is 5.75 Å². The van der Waals surface area contributed by atoms with E-state index < -0.39 is 15.7 Å². The number of amides is 2. The van der Waals surface area contributed by atoms with Gasteiger partial charge in [-0.25, -0.2) is 8.42 Å². The van der Waals surface area contributed by atoms with Crippen LogP contribution in [0, 0.1) is 0 Å². The van der Waals surface area contributed by atoms with E-state index in [1.807, 2.05) is 20.8 Å². The molecule has 2 amide bonds. The van der Waals surface area contributed by atoms with E-state index in [9.17, 15) is 18.0 Å². The van der Waals surface area contributed by atoms with E-state index in [1.54, 1.807) is 41.3 Å². The Morgan fingerprint density at radius 3 is 2.61 bits per heavy atom. The second kappa shape index (κ2) is 9.51. The predicted molar refractivity (Wildman–Crippen MR) is 120 cm³/mol. The number of hydrogen-bond donors (Lipinski definition) is 1. The quantitative estimate of drug-likeness (QED) is 0.672. The van der Waals surface area contributed by atoms with Crippen LogP contribution in [0.25, 0.3) is 0 Å². The summed E-state index contributed by atoms with van der Waals surface area (Å²) in [5.41, 5.74) is 2.12. The van der Waals surface area contributed by atoms with E-state index in [1.165, 1.54) is 6.07 Å². The molecule has 2 aromatic rings. The maximum atomic E-state index is 12.8. The molecule has 0 saturated carbocycles. The zero-order chi connectivity index (χ0) is 22.6. The summed E-state index contributed by atoms with van der Waals surface area (Å²) in [6.45, 7) is 6.06. The number of sulfone groups is 1. The molecule has 0 spiro atoms. The zero-order valence-corrected chi connectivity index (χ0v) is 18.9. The first-order valence-electron chi connectivity index (χ1n) is 10.5. The van der Waals surface area contributed by atoms with Gasteiger partial charge in [0.1, 0.15) is 5.75 Å². The normalized spacial score (nSPS) is 15.5. The third-order valence-corrected chi connectivity index (χ3v) is 6.97. The van der Waals surface area contributed by atoms with Gasteiger partial charge in [0.15, 0.2) is 9.84 Å². The van der Waals surface area contributed by atoms with Crippen LogP contribution in [-0.4, -0.2) is 38.6 Å². The lowest BCUT2D eigenvalue weighted by atomic mass is 10.1. The van der Waals surface area contributed by atoms with Crippen LogP contribution in [0.15, 0.2) is 47.4 Å². The molecule has 0 radical (unpaired) electrons. The van der Waals surface area contributed by atoms with E-state index in [2.05, 4.69) is 5.32 Å². The van der Waals surface area contributed by atoms with Crippen LogP contribution in [-0.2, 0) is 25.8 Å². The molecule has 0 bridgehead atoms. The number of nitrogens with zero attached hydrogens (tertiary/aromatic N) is 1. The molecule has 8 heteroatoms. The number of anilines is 2. The molecular weight excluding hydrogens is 416 g/mol. The van der Waals surface area contributed by atoms with Crippen molar-refractivity contribution in [3.63, 3.8) is 0 Å². The fourth-order valence-electron chi connectivity index (χ4n) is 3.76. The lowest BCUT2D eigenvalue weighted by molar-refractivity contribution is -0.118. The minimum Gasteiger partial charge on any atom is -0.492 e. The minimum absolute atomic E-state index is 0.00316. The SMILES string of the molecule is CCOc1ccccc1NC(=O)CCS(=O)(=O)c1ccc2c(c1)C[C@H](C)N2C(=O)CC. The molecule has 1 aliphatic rings. The third kappa shape index (κ3) is 5.07. The Bertz CT molecular complexity index is 1080. The Morgan fingerprint density at radius 2 is 1.90 bits per heavy atom. The molecule has 0 aliphatic carbocycles. The molecule has 0 saturated heterocycles. The smallest absolute Gasteiger partial charge is 0.226 e. The third-order valence-electron chi connectivity index (χ3n) is 5.26. The fraction of sp³-hybridized carbons (Fsp3) is 0.391. The van der Waals surface area contributed by atoms with Crippen LogP contribution in [0.2, 0.25) is 0 Å². The Hall–Kier alpha value is -2.87. The molecule has 166 valence electrons. The van der Waals surface area contributed by atoms with Gasteiger partial charge in [0, 0.05) is 24.6 Å². The molecule has 0 unspecified atom stereocenters. The Balaban J connectivity index is 1.69. The maximum absolute atomic E-state index is 12.8. The van der Waals surface area contributed by atoms with Crippen LogP contribution in [0.1, 0.15) is 39.2 Å². The van der Waals surface area contributed by atoms with Gasteiger partial charge in [-0.3, -0.25) is 9.59 Å². The maximum Gasteiger partial charge on any atom is 0.226 e. The first-order valence-corrected chi connectivity index (χ1v) is 12.1. The van der Waals surface area contributed by atoms with Gasteiger partial charge in [0.25, 0.3) is 0 Å². The number of carbonyl (C=O) groups is 2. The van der Waals surface area contributed by atoms with E-state index >= 15 is 0 Å². The topological polar surface area (TPSA) is 92.8 Å². The van der Waals surface area contributed by atoms with Crippen LogP contribution < -0.4 is 15.0 Å². The van der Waals surface area contributed by atoms with Gasteiger partial charge in [-0.05, 0) is 56.2 Å². The number of nitrogens with one attached hydrogen (secondary N) is 1. The molecule has 1 atom stereocenters. The number of hydrogen-bond acceptors (Lipinski definition) is 5. The predicted octanol–water partition coefficient (Wildman–Crippen LogP) is 3.58. The Morgan fingerprint density at radius 1 is 1.16 bits per heavy atom. The summed E-state index contributed by atoms with van der Waals surface area (Å²) in [6.07, 6.45) is 0.835. The van der Waals surface area contributed by atoms with Gasteiger partial charge in [0.2, 0.25) is 11.8 Å². The highest BCUT2D eigenvalue weighted by Crippen LogP contribution is 2.34. The number of carbonyl (C=O) groups excluding carboxylic acids is 2. The summed E-state index contributed by atoms with van der Waals surface area (Å²) in [5.74, 6) is -0.141. The first kappa shape index (κ1) is 22.8. The number of ether oxygens (including phenoxy) is 1. The lowest BCUT2D eigenvalue weighted by Crippen LogP contribution is -2.35. The average Bonchev–Trinajstić information content (AvgIpc) is 3.08. The summed E-state index contributed by atoms with van der Waals surface area (Å²) in [7, 11) is -3.65. The van der Waals surface area contributed by atoms with E-state index in [0.717, 1.165) is 11.3 Å². The average molecular weight is 445 g/mol. The van der Waals surface area contributed by atoms with E-state index in [0.29, 0.717) is 30.9 Å². The largest absolute Gasteiger partial charge is 0.492 e. The molecule has 1 heterocycles. The summed E-state index contributed by atoms with van der Waals surface area (Å²) in [5, 5.41) is 2.72. The highest BCUT2D eigenvalue weighted by Gasteiger charge is 2.31. The van der Waals surface area contributed by atoms with Crippen molar-refractivity contribution in [2.75, 3.05) is 22.6 Å². The summed E-state index contributed by atoms with van der Waals surface area (Å²) in [4.78, 5) is 26.5. The van der Waals surface area contributed by atoms with Gasteiger partial charge < -0.3 is 15.0 Å². The monoisotopic (exact) mass is 444 g/mol. The summed E-state index contributed by atoms with van der Waals surface area (Å²) < 4.78 is 31.1. The molecule has 2 aromatic carbocycles. The van der Waals surface area contributed by atoms with Gasteiger partial charge in [-0.15, -0.1) is 0 Å². The Labute approximate surface area is 183 Å². The minimum atomic E-state index is -3.65. The zero-order valence-electron chi connectivity index (χ0n) is 18.1. The van der Waals surface area contributed by atoms with Crippen molar-refractivity contribution in [1.29, 1.82) is 0 Å². The standard InChI is InChI=1S/C23H28N2O5S/c1-4-23(27)25-16(3)14-17-15-18(10-11-20(17)25)31(28,29)13-12-22(26)24-19-8-6-7-9-21(19)30-5-2/h6-11,15-16H,4-5,12-14H2,1-3H3,(H,24,26)/t16-/m0/s1.